The van der Waals surface area contributed by atoms with Gasteiger partial charge in [0.2, 0.25) is 5.82 Å². The van der Waals surface area contributed by atoms with Crippen LogP contribution in [-0.4, -0.2) is 69.9 Å². The molecular weight excluding hydrogens is 464 g/mol. The number of carbonyl (C=O) groups is 1. The summed E-state index contributed by atoms with van der Waals surface area (Å²) in [6.07, 6.45) is 0. The molecule has 0 saturated carbocycles. The number of aromatic nitrogens is 2. The number of hydrogen-bond donors (Lipinski definition) is 1. The SMILES string of the molecule is COc1ccc(NS(=O)(=O)c2cc(-c3noc(C(=O)N4CCOCC4)n3)ccc2C)cc1OC. The number of hydrogen-bond acceptors (Lipinski definition) is 9. The number of sulfonamides is 1. The Morgan fingerprint density at radius 3 is 2.50 bits per heavy atom. The fourth-order valence-corrected chi connectivity index (χ4v) is 4.79. The molecule has 0 unspecified atom stereocenters. The van der Waals surface area contributed by atoms with Crippen molar-refractivity contribution < 1.29 is 31.9 Å². The predicted octanol–water partition coefficient (Wildman–Crippen LogP) is 2.34. The molecule has 1 aliphatic rings. The van der Waals surface area contributed by atoms with E-state index in [9.17, 15) is 13.2 Å². The lowest BCUT2D eigenvalue weighted by atomic mass is 10.1. The van der Waals surface area contributed by atoms with E-state index in [2.05, 4.69) is 14.9 Å². The second-order valence-corrected chi connectivity index (χ2v) is 9.13. The summed E-state index contributed by atoms with van der Waals surface area (Å²) in [5, 5.41) is 3.87. The van der Waals surface area contributed by atoms with E-state index in [1.54, 1.807) is 36.1 Å². The maximum atomic E-state index is 13.2. The number of aryl methyl sites for hydroxylation is 1. The zero-order valence-electron chi connectivity index (χ0n) is 18.9. The summed E-state index contributed by atoms with van der Waals surface area (Å²) in [4.78, 5) is 18.4. The minimum absolute atomic E-state index is 0.0330. The highest BCUT2D eigenvalue weighted by Crippen LogP contribution is 2.31. The van der Waals surface area contributed by atoms with Gasteiger partial charge in [0.15, 0.2) is 11.5 Å². The average Bonchev–Trinajstić information content (AvgIpc) is 3.34. The van der Waals surface area contributed by atoms with Crippen molar-refractivity contribution in [2.45, 2.75) is 11.8 Å². The normalized spacial score (nSPS) is 14.0. The van der Waals surface area contributed by atoms with Crippen molar-refractivity contribution in [3.05, 3.63) is 47.9 Å². The fourth-order valence-electron chi connectivity index (χ4n) is 3.47. The zero-order chi connectivity index (χ0) is 24.3. The van der Waals surface area contributed by atoms with Crippen LogP contribution in [0.4, 0.5) is 5.69 Å². The third-order valence-corrected chi connectivity index (χ3v) is 6.80. The number of amides is 1. The van der Waals surface area contributed by atoms with Gasteiger partial charge >= 0.3 is 11.8 Å². The van der Waals surface area contributed by atoms with Gasteiger partial charge in [-0.2, -0.15) is 4.98 Å². The van der Waals surface area contributed by atoms with E-state index in [0.29, 0.717) is 54.6 Å². The molecule has 11 nitrogen and oxygen atoms in total. The van der Waals surface area contributed by atoms with Crippen LogP contribution in [0.1, 0.15) is 16.2 Å². The number of benzene rings is 2. The second kappa shape index (κ2) is 9.69. The Balaban J connectivity index is 1.60. The fraction of sp³-hybridized carbons (Fsp3) is 0.318. The molecule has 0 spiro atoms. The summed E-state index contributed by atoms with van der Waals surface area (Å²) in [6, 6.07) is 9.44. The summed E-state index contributed by atoms with van der Waals surface area (Å²) in [5.74, 6) is 0.419. The number of methoxy groups -OCH3 is 2. The Hall–Kier alpha value is -3.64. The molecule has 0 atom stereocenters. The van der Waals surface area contributed by atoms with Gasteiger partial charge in [-0.3, -0.25) is 9.52 Å². The standard InChI is InChI=1S/C22H24N4O7S/c1-14-4-5-15(20-23-21(33-24-20)22(27)26-8-10-32-11-9-26)12-19(14)34(28,29)25-16-6-7-17(30-2)18(13-16)31-3/h4-7,12-13,25H,8-11H2,1-3H3. The van der Waals surface area contributed by atoms with Gasteiger partial charge in [-0.15, -0.1) is 0 Å². The molecular formula is C22H24N4O7S. The number of morpholine rings is 1. The van der Waals surface area contributed by atoms with Gasteiger partial charge in [0.25, 0.3) is 10.0 Å². The molecule has 0 aliphatic carbocycles. The molecule has 12 heteroatoms. The van der Waals surface area contributed by atoms with Crippen molar-refractivity contribution in [2.75, 3.05) is 45.2 Å². The zero-order valence-corrected chi connectivity index (χ0v) is 19.7. The lowest BCUT2D eigenvalue weighted by Gasteiger charge is -2.25. The third kappa shape index (κ3) is 4.82. The smallest absolute Gasteiger partial charge is 0.316 e. The molecule has 1 N–H and O–H groups in total. The Morgan fingerprint density at radius 2 is 1.79 bits per heavy atom. The quantitative estimate of drug-likeness (QED) is 0.532. The number of nitrogens with one attached hydrogen (secondary N) is 1. The molecule has 1 amide bonds. The lowest BCUT2D eigenvalue weighted by molar-refractivity contribution is 0.0272. The monoisotopic (exact) mass is 488 g/mol. The molecule has 0 radical (unpaired) electrons. The topological polar surface area (TPSA) is 133 Å². The van der Waals surface area contributed by atoms with Gasteiger partial charge in [-0.1, -0.05) is 17.3 Å². The Kier molecular flexibility index (Phi) is 6.70. The highest BCUT2D eigenvalue weighted by atomic mass is 32.2. The number of rotatable bonds is 7. The van der Waals surface area contributed by atoms with Crippen molar-refractivity contribution >= 4 is 21.6 Å². The first-order valence-electron chi connectivity index (χ1n) is 10.4. The van der Waals surface area contributed by atoms with E-state index in [-0.39, 0.29) is 16.6 Å². The van der Waals surface area contributed by atoms with Crippen LogP contribution in [0.25, 0.3) is 11.4 Å². The van der Waals surface area contributed by atoms with Crippen molar-refractivity contribution in [1.29, 1.82) is 0 Å². The first kappa shape index (κ1) is 23.5. The first-order valence-corrected chi connectivity index (χ1v) is 11.9. The molecule has 2 heterocycles. The Morgan fingerprint density at radius 1 is 1.06 bits per heavy atom. The minimum Gasteiger partial charge on any atom is -0.493 e. The van der Waals surface area contributed by atoms with E-state index in [4.69, 9.17) is 18.7 Å². The number of anilines is 1. The summed E-state index contributed by atoms with van der Waals surface area (Å²) >= 11 is 0. The van der Waals surface area contributed by atoms with Crippen LogP contribution in [0.3, 0.4) is 0 Å². The molecule has 4 rings (SSSR count). The van der Waals surface area contributed by atoms with Crippen molar-refractivity contribution in [3.63, 3.8) is 0 Å². The van der Waals surface area contributed by atoms with Gasteiger partial charge in [0.1, 0.15) is 0 Å². The number of nitrogens with zero attached hydrogens (tertiary/aromatic N) is 3. The van der Waals surface area contributed by atoms with Crippen LogP contribution in [0.5, 0.6) is 11.5 Å². The van der Waals surface area contributed by atoms with Crippen molar-refractivity contribution in [2.24, 2.45) is 0 Å². The van der Waals surface area contributed by atoms with Crippen LogP contribution in [0, 0.1) is 6.92 Å². The average molecular weight is 489 g/mol. The molecule has 180 valence electrons. The Bertz CT molecular complexity index is 1300. The molecule has 1 aromatic heterocycles. The van der Waals surface area contributed by atoms with E-state index in [0.717, 1.165) is 0 Å². The highest BCUT2D eigenvalue weighted by Gasteiger charge is 2.25. The van der Waals surface area contributed by atoms with Gasteiger partial charge in [0, 0.05) is 24.7 Å². The molecule has 1 aliphatic heterocycles. The van der Waals surface area contributed by atoms with Crippen LogP contribution in [0.2, 0.25) is 0 Å². The van der Waals surface area contributed by atoms with Crippen molar-refractivity contribution in [1.82, 2.24) is 15.0 Å². The molecule has 1 saturated heterocycles. The van der Waals surface area contributed by atoms with E-state index in [1.807, 2.05) is 0 Å². The Labute approximate surface area is 196 Å². The molecule has 34 heavy (non-hydrogen) atoms. The van der Waals surface area contributed by atoms with E-state index >= 15 is 0 Å². The van der Waals surface area contributed by atoms with Gasteiger partial charge in [-0.05, 0) is 30.7 Å². The molecule has 3 aromatic rings. The van der Waals surface area contributed by atoms with Crippen LogP contribution in [-0.2, 0) is 14.8 Å². The van der Waals surface area contributed by atoms with E-state index in [1.165, 1.54) is 26.4 Å². The van der Waals surface area contributed by atoms with Gasteiger partial charge in [-0.25, -0.2) is 8.42 Å². The summed E-state index contributed by atoms with van der Waals surface area (Å²) in [7, 11) is -1.01. The third-order valence-electron chi connectivity index (χ3n) is 5.28. The van der Waals surface area contributed by atoms with Crippen molar-refractivity contribution in [3.8, 4) is 22.9 Å². The lowest BCUT2D eigenvalue weighted by Crippen LogP contribution is -2.40. The van der Waals surface area contributed by atoms with Crippen LogP contribution >= 0.6 is 0 Å². The maximum Gasteiger partial charge on any atom is 0.316 e. The van der Waals surface area contributed by atoms with Crippen LogP contribution in [0.15, 0.2) is 45.8 Å². The summed E-state index contributed by atoms with van der Waals surface area (Å²) < 4.78 is 49.7. The van der Waals surface area contributed by atoms with Crippen LogP contribution < -0.4 is 14.2 Å². The number of carbonyl (C=O) groups excluding carboxylic acids is 1. The predicted molar refractivity (Wildman–Crippen MR) is 122 cm³/mol. The van der Waals surface area contributed by atoms with Gasteiger partial charge < -0.3 is 23.6 Å². The minimum atomic E-state index is -3.97. The molecule has 0 bridgehead atoms. The second-order valence-electron chi connectivity index (χ2n) is 7.48. The molecule has 1 fully saturated rings. The maximum absolute atomic E-state index is 13.2. The first-order chi connectivity index (χ1) is 16.3. The van der Waals surface area contributed by atoms with E-state index < -0.39 is 15.9 Å². The van der Waals surface area contributed by atoms with Gasteiger partial charge in [0.05, 0.1) is 38.0 Å². The summed E-state index contributed by atoms with van der Waals surface area (Å²) in [6.45, 7) is 3.44. The summed E-state index contributed by atoms with van der Waals surface area (Å²) in [5.41, 5.74) is 1.22. The number of ether oxygens (including phenoxy) is 3. The highest BCUT2D eigenvalue weighted by molar-refractivity contribution is 7.92. The largest absolute Gasteiger partial charge is 0.493 e. The molecule has 2 aromatic carbocycles.